The lowest BCUT2D eigenvalue weighted by Crippen LogP contribution is -2.29. The van der Waals surface area contributed by atoms with E-state index in [1.165, 1.54) is 0 Å². The van der Waals surface area contributed by atoms with Gasteiger partial charge < -0.3 is 9.88 Å². The Morgan fingerprint density at radius 1 is 1.04 bits per heavy atom. The number of urea groups is 1. The molecule has 0 saturated heterocycles. The summed E-state index contributed by atoms with van der Waals surface area (Å²) in [6.07, 6.45) is 7.09. The average molecular weight is 333 g/mol. The lowest BCUT2D eigenvalue weighted by Gasteiger charge is -2.11. The van der Waals surface area contributed by atoms with E-state index in [4.69, 9.17) is 0 Å². The number of carbonyl (C=O) groups excluding carboxylic acids is 1. The van der Waals surface area contributed by atoms with Gasteiger partial charge in [-0.2, -0.15) is 0 Å². The molecule has 0 radical (unpaired) electrons. The van der Waals surface area contributed by atoms with Gasteiger partial charge in [-0.25, -0.2) is 9.78 Å². The smallest absolute Gasteiger partial charge is 0.321 e. The van der Waals surface area contributed by atoms with Gasteiger partial charge in [0, 0.05) is 25.1 Å². The summed E-state index contributed by atoms with van der Waals surface area (Å²) in [4.78, 5) is 16.3. The Balaban J connectivity index is 1.46. The molecule has 4 rings (SSSR count). The van der Waals surface area contributed by atoms with Crippen molar-refractivity contribution in [3.63, 3.8) is 0 Å². The number of aromatic nitrogens is 5. The zero-order chi connectivity index (χ0) is 17.1. The van der Waals surface area contributed by atoms with Crippen molar-refractivity contribution in [2.45, 2.75) is 6.54 Å². The Morgan fingerprint density at radius 3 is 2.80 bits per heavy atom. The van der Waals surface area contributed by atoms with Crippen LogP contribution >= 0.6 is 0 Å². The maximum Gasteiger partial charge on any atom is 0.321 e. The van der Waals surface area contributed by atoms with Crippen LogP contribution < -0.4 is 10.6 Å². The van der Waals surface area contributed by atoms with Gasteiger partial charge in [0.15, 0.2) is 5.65 Å². The number of nitrogens with one attached hydrogen (secondary N) is 2. The van der Waals surface area contributed by atoms with E-state index in [0.717, 1.165) is 11.3 Å². The van der Waals surface area contributed by atoms with Gasteiger partial charge in [0.2, 0.25) is 5.95 Å². The predicted octanol–water partition coefficient (Wildman–Crippen LogP) is 2.24. The lowest BCUT2D eigenvalue weighted by molar-refractivity contribution is 0.251. The minimum absolute atomic E-state index is 0.349. The van der Waals surface area contributed by atoms with Crippen LogP contribution in [0.2, 0.25) is 0 Å². The number of carbonyl (C=O) groups is 1. The number of imidazole rings is 1. The van der Waals surface area contributed by atoms with Crippen molar-refractivity contribution < 1.29 is 4.79 Å². The Morgan fingerprint density at radius 2 is 1.92 bits per heavy atom. The highest BCUT2D eigenvalue weighted by Crippen LogP contribution is 2.14. The van der Waals surface area contributed by atoms with Crippen molar-refractivity contribution in [1.29, 1.82) is 0 Å². The van der Waals surface area contributed by atoms with Crippen LogP contribution in [0.25, 0.3) is 11.3 Å². The molecule has 0 atom stereocenters. The van der Waals surface area contributed by atoms with Crippen LogP contribution in [0.1, 0.15) is 5.56 Å². The molecule has 0 unspecified atom stereocenters. The molecule has 2 N–H and O–H groups in total. The van der Waals surface area contributed by atoms with Crippen LogP contribution in [0.5, 0.6) is 0 Å². The number of benzene rings is 1. The fourth-order valence-corrected chi connectivity index (χ4v) is 2.56. The van der Waals surface area contributed by atoms with Crippen LogP contribution in [-0.4, -0.2) is 30.2 Å². The van der Waals surface area contributed by atoms with Crippen LogP contribution in [0, 0.1) is 0 Å². The Hall–Kier alpha value is -3.68. The molecule has 0 aliphatic carbocycles. The topological polar surface area (TPSA) is 89.1 Å². The minimum Gasteiger partial charge on any atom is -0.334 e. The van der Waals surface area contributed by atoms with Gasteiger partial charge in [0.1, 0.15) is 0 Å². The molecule has 0 bridgehead atoms. The molecule has 3 aromatic heterocycles. The highest BCUT2D eigenvalue weighted by atomic mass is 16.2. The predicted molar refractivity (Wildman–Crippen MR) is 92.4 cm³/mol. The molecule has 0 spiro atoms. The zero-order valence-electron chi connectivity index (χ0n) is 13.2. The summed E-state index contributed by atoms with van der Waals surface area (Å²) in [5.41, 5.74) is 2.61. The van der Waals surface area contributed by atoms with Gasteiger partial charge in [-0.05, 0) is 23.8 Å². The van der Waals surface area contributed by atoms with Crippen molar-refractivity contribution >= 4 is 17.6 Å². The molecule has 0 saturated carbocycles. The third-order valence-corrected chi connectivity index (χ3v) is 3.75. The standard InChI is InChI=1S/C17H15N7O/c25-17(20-16-22-21-15-7-3-4-9-24(15)16)19-11-13-5-1-2-6-14(13)23-10-8-18-12-23/h1-10,12H,11H2,(H2,19,20,22,25). The van der Waals surface area contributed by atoms with Gasteiger partial charge >= 0.3 is 6.03 Å². The highest BCUT2D eigenvalue weighted by molar-refractivity contribution is 5.87. The summed E-state index contributed by atoms with van der Waals surface area (Å²) < 4.78 is 3.61. The molecule has 8 nitrogen and oxygen atoms in total. The van der Waals surface area contributed by atoms with E-state index < -0.39 is 0 Å². The molecule has 0 aliphatic rings. The number of anilines is 1. The van der Waals surface area contributed by atoms with Crippen molar-refractivity contribution in [3.8, 4) is 5.69 Å². The van der Waals surface area contributed by atoms with Gasteiger partial charge in [0.05, 0.1) is 12.0 Å². The number of nitrogens with zero attached hydrogens (tertiary/aromatic N) is 5. The van der Waals surface area contributed by atoms with Crippen LogP contribution in [0.4, 0.5) is 10.7 Å². The maximum absolute atomic E-state index is 12.2. The van der Waals surface area contributed by atoms with E-state index in [9.17, 15) is 4.79 Å². The number of hydrogen-bond acceptors (Lipinski definition) is 4. The first kappa shape index (κ1) is 14.9. The Kier molecular flexibility index (Phi) is 3.83. The largest absolute Gasteiger partial charge is 0.334 e. The SMILES string of the molecule is O=C(NCc1ccccc1-n1ccnc1)Nc1nnc2ccccn12. The maximum atomic E-state index is 12.2. The first-order valence-corrected chi connectivity index (χ1v) is 7.72. The van der Waals surface area contributed by atoms with E-state index in [1.54, 1.807) is 23.1 Å². The third-order valence-electron chi connectivity index (χ3n) is 3.75. The van der Waals surface area contributed by atoms with Crippen molar-refractivity contribution in [3.05, 3.63) is 72.9 Å². The normalized spacial score (nSPS) is 10.7. The van der Waals surface area contributed by atoms with Gasteiger partial charge in [-0.1, -0.05) is 24.3 Å². The van der Waals surface area contributed by atoms with Gasteiger partial charge in [-0.3, -0.25) is 9.72 Å². The summed E-state index contributed by atoms with van der Waals surface area (Å²) in [5.74, 6) is 0.371. The molecule has 4 aromatic rings. The molecule has 0 fully saturated rings. The fourth-order valence-electron chi connectivity index (χ4n) is 2.56. The van der Waals surface area contributed by atoms with E-state index in [0.29, 0.717) is 18.1 Å². The molecular formula is C17H15N7O. The van der Waals surface area contributed by atoms with Gasteiger partial charge in [0.25, 0.3) is 0 Å². The number of hydrogen-bond donors (Lipinski definition) is 2. The van der Waals surface area contributed by atoms with E-state index in [-0.39, 0.29) is 6.03 Å². The molecule has 124 valence electrons. The summed E-state index contributed by atoms with van der Waals surface area (Å²) in [7, 11) is 0. The molecule has 3 heterocycles. The average Bonchev–Trinajstić information content (AvgIpc) is 3.31. The van der Waals surface area contributed by atoms with Crippen LogP contribution in [0.3, 0.4) is 0 Å². The second kappa shape index (κ2) is 6.44. The van der Waals surface area contributed by atoms with Crippen molar-refractivity contribution in [1.82, 2.24) is 29.5 Å². The summed E-state index contributed by atoms with van der Waals surface area (Å²) in [6, 6.07) is 13.0. The molecule has 2 amide bonds. The van der Waals surface area contributed by atoms with Crippen LogP contribution in [-0.2, 0) is 6.54 Å². The number of fused-ring (bicyclic) bond motifs is 1. The first-order valence-electron chi connectivity index (χ1n) is 7.72. The van der Waals surface area contributed by atoms with E-state index in [1.807, 2.05) is 53.2 Å². The second-order valence-electron chi connectivity index (χ2n) is 5.36. The van der Waals surface area contributed by atoms with Crippen molar-refractivity contribution in [2.75, 3.05) is 5.32 Å². The number of amides is 2. The first-order chi connectivity index (χ1) is 12.3. The number of para-hydroxylation sites is 1. The monoisotopic (exact) mass is 333 g/mol. The Bertz CT molecular complexity index is 1010. The molecule has 8 heteroatoms. The Labute approximate surface area is 143 Å². The molecule has 25 heavy (non-hydrogen) atoms. The quantitative estimate of drug-likeness (QED) is 0.599. The van der Waals surface area contributed by atoms with E-state index >= 15 is 0 Å². The minimum atomic E-state index is -0.349. The number of rotatable bonds is 4. The lowest BCUT2D eigenvalue weighted by atomic mass is 10.2. The summed E-state index contributed by atoms with van der Waals surface area (Å²) >= 11 is 0. The van der Waals surface area contributed by atoms with E-state index in [2.05, 4.69) is 25.8 Å². The third kappa shape index (κ3) is 3.05. The summed E-state index contributed by atoms with van der Waals surface area (Å²) in [6.45, 7) is 0.372. The van der Waals surface area contributed by atoms with Crippen molar-refractivity contribution in [2.24, 2.45) is 0 Å². The summed E-state index contributed by atoms with van der Waals surface area (Å²) in [5, 5.41) is 13.5. The zero-order valence-corrected chi connectivity index (χ0v) is 13.2. The fraction of sp³-hybridized carbons (Fsp3) is 0.0588. The van der Waals surface area contributed by atoms with Gasteiger partial charge in [-0.15, -0.1) is 10.2 Å². The van der Waals surface area contributed by atoms with Crippen LogP contribution in [0.15, 0.2) is 67.4 Å². The number of pyridine rings is 1. The highest BCUT2D eigenvalue weighted by Gasteiger charge is 2.10. The molecular weight excluding hydrogens is 318 g/mol. The molecule has 1 aromatic carbocycles. The second-order valence-corrected chi connectivity index (χ2v) is 5.36. The molecule has 0 aliphatic heterocycles.